The van der Waals surface area contributed by atoms with Gasteiger partial charge in [0.05, 0.1) is 16.4 Å². The average Bonchev–Trinajstić information content (AvgIpc) is 3.07. The SMILES string of the molecule is O=C1S/C(=C\c2cc(Br)ccc2OCc2ccc(F)cc2)C(=O)N1Cc1ccc([N+](=O)[O-])cc1. The first-order chi connectivity index (χ1) is 16.3. The minimum atomic E-state index is -0.514. The minimum absolute atomic E-state index is 0.00636. The number of nitro groups is 1. The molecule has 3 aromatic rings. The highest BCUT2D eigenvalue weighted by Gasteiger charge is 2.35. The van der Waals surface area contributed by atoms with Crippen LogP contribution in [-0.2, 0) is 17.9 Å². The normalized spacial score (nSPS) is 14.6. The van der Waals surface area contributed by atoms with Gasteiger partial charge in [0.15, 0.2) is 0 Å². The number of benzene rings is 3. The number of rotatable bonds is 7. The lowest BCUT2D eigenvalue weighted by Crippen LogP contribution is -2.27. The number of thioether (sulfide) groups is 1. The predicted octanol–water partition coefficient (Wildman–Crippen LogP) is 6.31. The van der Waals surface area contributed by atoms with Gasteiger partial charge in [0.2, 0.25) is 0 Å². The third kappa shape index (κ3) is 5.52. The molecule has 0 aromatic heterocycles. The van der Waals surface area contributed by atoms with Gasteiger partial charge < -0.3 is 4.74 Å². The Morgan fingerprint density at radius 2 is 1.71 bits per heavy atom. The molecule has 0 N–H and O–H groups in total. The zero-order chi connectivity index (χ0) is 24.2. The molecule has 2 amide bonds. The molecule has 1 aliphatic rings. The van der Waals surface area contributed by atoms with Crippen LogP contribution in [0, 0.1) is 15.9 Å². The highest BCUT2D eigenvalue weighted by atomic mass is 79.9. The number of hydrogen-bond acceptors (Lipinski definition) is 6. The summed E-state index contributed by atoms with van der Waals surface area (Å²) in [6.07, 6.45) is 1.59. The molecule has 0 saturated carbocycles. The van der Waals surface area contributed by atoms with Gasteiger partial charge in [-0.15, -0.1) is 0 Å². The van der Waals surface area contributed by atoms with Crippen LogP contribution in [0.3, 0.4) is 0 Å². The third-order valence-corrected chi connectivity index (χ3v) is 6.33. The molecule has 1 fully saturated rings. The molecule has 4 rings (SSSR count). The van der Waals surface area contributed by atoms with Gasteiger partial charge in [-0.2, -0.15) is 0 Å². The van der Waals surface area contributed by atoms with Crippen molar-refractivity contribution in [1.82, 2.24) is 4.90 Å². The van der Waals surface area contributed by atoms with Gasteiger partial charge in [0.1, 0.15) is 18.2 Å². The Hall–Kier alpha value is -3.50. The molecule has 3 aromatic carbocycles. The van der Waals surface area contributed by atoms with E-state index in [1.807, 2.05) is 0 Å². The van der Waals surface area contributed by atoms with Crippen LogP contribution in [0.25, 0.3) is 6.08 Å². The van der Waals surface area contributed by atoms with Gasteiger partial charge in [0.25, 0.3) is 16.8 Å². The van der Waals surface area contributed by atoms with Gasteiger partial charge in [-0.3, -0.25) is 24.6 Å². The zero-order valence-electron chi connectivity index (χ0n) is 17.4. The highest BCUT2D eigenvalue weighted by Crippen LogP contribution is 2.36. The van der Waals surface area contributed by atoms with Crippen molar-refractivity contribution < 1.29 is 23.6 Å². The summed E-state index contributed by atoms with van der Waals surface area (Å²) in [5.41, 5.74) is 1.90. The summed E-state index contributed by atoms with van der Waals surface area (Å²) >= 11 is 4.22. The number of nitro benzene ring substituents is 1. The Balaban J connectivity index is 1.52. The Morgan fingerprint density at radius 1 is 1.03 bits per heavy atom. The number of ether oxygens (including phenoxy) is 1. The molecular formula is C24H16BrFN2O5S. The van der Waals surface area contributed by atoms with Crippen molar-refractivity contribution in [2.45, 2.75) is 13.2 Å². The largest absolute Gasteiger partial charge is 0.488 e. The summed E-state index contributed by atoms with van der Waals surface area (Å²) < 4.78 is 19.8. The fourth-order valence-electron chi connectivity index (χ4n) is 3.19. The summed E-state index contributed by atoms with van der Waals surface area (Å²) in [5, 5.41) is 10.4. The number of carbonyl (C=O) groups excluding carboxylic acids is 2. The number of nitrogens with zero attached hydrogens (tertiary/aromatic N) is 2. The number of imide groups is 1. The van der Waals surface area contributed by atoms with E-state index in [2.05, 4.69) is 15.9 Å². The molecule has 0 unspecified atom stereocenters. The van der Waals surface area contributed by atoms with E-state index in [9.17, 15) is 24.1 Å². The highest BCUT2D eigenvalue weighted by molar-refractivity contribution is 9.10. The average molecular weight is 543 g/mol. The Labute approximate surface area is 206 Å². The van der Waals surface area contributed by atoms with Crippen LogP contribution in [0.2, 0.25) is 0 Å². The second-order valence-corrected chi connectivity index (χ2v) is 9.20. The van der Waals surface area contributed by atoms with E-state index in [4.69, 9.17) is 4.74 Å². The first kappa shape index (κ1) is 23.7. The molecule has 0 bridgehead atoms. The van der Waals surface area contributed by atoms with Crippen LogP contribution in [0.5, 0.6) is 5.75 Å². The number of hydrogen-bond donors (Lipinski definition) is 0. The third-order valence-electron chi connectivity index (χ3n) is 4.93. The van der Waals surface area contributed by atoms with E-state index in [0.29, 0.717) is 16.9 Å². The second-order valence-electron chi connectivity index (χ2n) is 7.29. The van der Waals surface area contributed by atoms with E-state index in [-0.39, 0.29) is 29.6 Å². The lowest BCUT2D eigenvalue weighted by atomic mass is 10.1. The standard InChI is InChI=1S/C24H16BrFN2O5S/c25-18-5-10-21(33-14-16-1-6-19(26)7-2-16)17(11-18)12-22-23(29)27(24(30)34-22)13-15-3-8-20(9-4-15)28(31)32/h1-12H,13-14H2/b22-12-. The molecule has 1 aliphatic heterocycles. The van der Waals surface area contributed by atoms with E-state index in [1.54, 1.807) is 36.4 Å². The molecule has 0 atom stereocenters. The monoisotopic (exact) mass is 542 g/mol. The molecule has 1 heterocycles. The van der Waals surface area contributed by atoms with Crippen LogP contribution in [0.4, 0.5) is 14.9 Å². The zero-order valence-corrected chi connectivity index (χ0v) is 19.8. The maximum atomic E-state index is 13.1. The first-order valence-electron chi connectivity index (χ1n) is 9.95. The van der Waals surface area contributed by atoms with Crippen molar-refractivity contribution in [1.29, 1.82) is 0 Å². The van der Waals surface area contributed by atoms with Crippen LogP contribution < -0.4 is 4.74 Å². The Morgan fingerprint density at radius 3 is 2.38 bits per heavy atom. The van der Waals surface area contributed by atoms with E-state index >= 15 is 0 Å². The van der Waals surface area contributed by atoms with Crippen molar-refractivity contribution in [2.24, 2.45) is 0 Å². The molecule has 7 nitrogen and oxygen atoms in total. The Bertz CT molecular complexity index is 1300. The van der Waals surface area contributed by atoms with Crippen LogP contribution >= 0.6 is 27.7 Å². The summed E-state index contributed by atoms with van der Waals surface area (Å²) in [4.78, 5) is 37.1. The smallest absolute Gasteiger partial charge is 0.293 e. The van der Waals surface area contributed by atoms with Gasteiger partial charge in [-0.1, -0.05) is 40.2 Å². The minimum Gasteiger partial charge on any atom is -0.488 e. The molecule has 1 saturated heterocycles. The second kappa shape index (κ2) is 10.2. The van der Waals surface area contributed by atoms with Crippen LogP contribution in [-0.4, -0.2) is 21.0 Å². The molecular weight excluding hydrogens is 527 g/mol. The van der Waals surface area contributed by atoms with E-state index in [1.165, 1.54) is 36.4 Å². The molecule has 0 radical (unpaired) electrons. The fraction of sp³-hybridized carbons (Fsp3) is 0.0833. The maximum absolute atomic E-state index is 13.1. The number of non-ortho nitro benzene ring substituents is 1. The van der Waals surface area contributed by atoms with Crippen molar-refractivity contribution in [3.63, 3.8) is 0 Å². The predicted molar refractivity (Wildman–Crippen MR) is 129 cm³/mol. The summed E-state index contributed by atoms with van der Waals surface area (Å²) in [6.45, 7) is 0.205. The lowest BCUT2D eigenvalue weighted by molar-refractivity contribution is -0.384. The quantitative estimate of drug-likeness (QED) is 0.197. The van der Waals surface area contributed by atoms with Gasteiger partial charge >= 0.3 is 0 Å². The molecule has 34 heavy (non-hydrogen) atoms. The van der Waals surface area contributed by atoms with E-state index in [0.717, 1.165) is 26.7 Å². The summed E-state index contributed by atoms with van der Waals surface area (Å²) in [6, 6.07) is 16.9. The van der Waals surface area contributed by atoms with Gasteiger partial charge in [-0.05, 0) is 59.3 Å². The van der Waals surface area contributed by atoms with E-state index < -0.39 is 16.1 Å². The van der Waals surface area contributed by atoms with Crippen molar-refractivity contribution >= 4 is 50.6 Å². The summed E-state index contributed by atoms with van der Waals surface area (Å²) in [7, 11) is 0. The number of halogens is 2. The maximum Gasteiger partial charge on any atom is 0.293 e. The fourth-order valence-corrected chi connectivity index (χ4v) is 4.40. The van der Waals surface area contributed by atoms with Crippen LogP contribution in [0.15, 0.2) is 76.1 Å². The van der Waals surface area contributed by atoms with Crippen molar-refractivity contribution in [3.8, 4) is 5.75 Å². The lowest BCUT2D eigenvalue weighted by Gasteiger charge is -2.12. The number of carbonyl (C=O) groups is 2. The molecule has 0 spiro atoms. The van der Waals surface area contributed by atoms with Crippen molar-refractivity contribution in [2.75, 3.05) is 0 Å². The van der Waals surface area contributed by atoms with Crippen molar-refractivity contribution in [3.05, 3.63) is 109 Å². The molecule has 0 aliphatic carbocycles. The van der Waals surface area contributed by atoms with Gasteiger partial charge in [0, 0.05) is 22.2 Å². The Kier molecular flexibility index (Phi) is 7.09. The topological polar surface area (TPSA) is 89.8 Å². The molecule has 172 valence electrons. The number of amides is 2. The summed E-state index contributed by atoms with van der Waals surface area (Å²) in [5.74, 6) is -0.301. The van der Waals surface area contributed by atoms with Gasteiger partial charge in [-0.25, -0.2) is 4.39 Å². The first-order valence-corrected chi connectivity index (χ1v) is 11.6. The van der Waals surface area contributed by atoms with Crippen LogP contribution in [0.1, 0.15) is 16.7 Å². The molecule has 10 heteroatoms.